The van der Waals surface area contributed by atoms with E-state index in [1.165, 1.54) is 0 Å². The van der Waals surface area contributed by atoms with Gasteiger partial charge in [-0.2, -0.15) is 0 Å². The molecule has 6 heteroatoms. The van der Waals surface area contributed by atoms with Gasteiger partial charge in [0.1, 0.15) is 17.6 Å². The average molecular weight is 346 g/mol. The van der Waals surface area contributed by atoms with Crippen molar-refractivity contribution in [3.8, 4) is 11.4 Å². The van der Waals surface area contributed by atoms with Gasteiger partial charge in [0.05, 0.1) is 18.4 Å². The molecular weight excluding hydrogens is 328 g/mol. The summed E-state index contributed by atoms with van der Waals surface area (Å²) in [6.07, 6.45) is 5.14. The highest BCUT2D eigenvalue weighted by molar-refractivity contribution is 5.90. The molecule has 0 amide bonds. The van der Waals surface area contributed by atoms with Crippen molar-refractivity contribution < 1.29 is 9.15 Å². The number of para-hydroxylation sites is 1. The zero-order valence-electron chi connectivity index (χ0n) is 14.3. The van der Waals surface area contributed by atoms with Crippen LogP contribution in [0.5, 0.6) is 0 Å². The number of ether oxygens (including phenoxy) is 1. The highest BCUT2D eigenvalue weighted by Gasteiger charge is 2.17. The van der Waals surface area contributed by atoms with Gasteiger partial charge in [-0.15, -0.1) is 0 Å². The molecule has 3 heterocycles. The number of furan rings is 1. The summed E-state index contributed by atoms with van der Waals surface area (Å²) in [5, 5.41) is 4.38. The summed E-state index contributed by atoms with van der Waals surface area (Å²) < 4.78 is 10.9. The molecular formula is C20H18N4O2. The molecule has 4 rings (SSSR count). The van der Waals surface area contributed by atoms with Crippen molar-refractivity contribution in [2.75, 3.05) is 19.0 Å². The molecule has 3 aromatic heterocycles. The SMILES string of the molecule is COCC(Nc1nc(-c2cccnc2)nc2ccccc12)c1ccco1. The molecule has 1 unspecified atom stereocenters. The van der Waals surface area contributed by atoms with Gasteiger partial charge >= 0.3 is 0 Å². The van der Waals surface area contributed by atoms with Crippen molar-refractivity contribution >= 4 is 16.7 Å². The molecule has 26 heavy (non-hydrogen) atoms. The maximum atomic E-state index is 5.55. The second kappa shape index (κ2) is 7.33. The Bertz CT molecular complexity index is 987. The molecule has 130 valence electrons. The normalized spacial score (nSPS) is 12.2. The average Bonchev–Trinajstić information content (AvgIpc) is 3.23. The molecule has 0 saturated carbocycles. The Morgan fingerprint density at radius 3 is 2.77 bits per heavy atom. The summed E-state index contributed by atoms with van der Waals surface area (Å²) in [4.78, 5) is 13.6. The molecule has 1 N–H and O–H groups in total. The van der Waals surface area contributed by atoms with Gasteiger partial charge in [-0.05, 0) is 36.4 Å². The lowest BCUT2D eigenvalue weighted by molar-refractivity contribution is 0.178. The molecule has 0 aliphatic carbocycles. The van der Waals surface area contributed by atoms with Crippen molar-refractivity contribution in [1.82, 2.24) is 15.0 Å². The minimum Gasteiger partial charge on any atom is -0.467 e. The predicted octanol–water partition coefficient (Wildman–Crippen LogP) is 4.08. The standard InChI is InChI=1S/C20H18N4O2/c1-25-13-17(18-9-5-11-26-18)23-20-15-7-2-3-8-16(15)22-19(24-20)14-6-4-10-21-12-14/h2-12,17H,13H2,1H3,(H,22,23,24). The first-order valence-electron chi connectivity index (χ1n) is 8.31. The third-order valence-corrected chi connectivity index (χ3v) is 4.05. The number of nitrogens with zero attached hydrogens (tertiary/aromatic N) is 3. The lowest BCUT2D eigenvalue weighted by Gasteiger charge is -2.18. The number of rotatable bonds is 6. The fraction of sp³-hybridized carbons (Fsp3) is 0.150. The highest BCUT2D eigenvalue weighted by atomic mass is 16.5. The van der Waals surface area contributed by atoms with Gasteiger partial charge in [-0.1, -0.05) is 12.1 Å². The maximum absolute atomic E-state index is 5.55. The van der Waals surface area contributed by atoms with E-state index in [1.54, 1.807) is 25.8 Å². The summed E-state index contributed by atoms with van der Waals surface area (Å²) in [7, 11) is 1.66. The highest BCUT2D eigenvalue weighted by Crippen LogP contribution is 2.28. The van der Waals surface area contributed by atoms with Crippen molar-refractivity contribution in [3.05, 3.63) is 72.9 Å². The summed E-state index contributed by atoms with van der Waals surface area (Å²) >= 11 is 0. The lowest BCUT2D eigenvalue weighted by Crippen LogP contribution is -2.17. The molecule has 6 nitrogen and oxygen atoms in total. The van der Waals surface area contributed by atoms with E-state index in [1.807, 2.05) is 48.5 Å². The Hall–Kier alpha value is -3.25. The lowest BCUT2D eigenvalue weighted by atomic mass is 10.2. The number of anilines is 1. The number of nitrogens with one attached hydrogen (secondary N) is 1. The Balaban J connectivity index is 1.80. The van der Waals surface area contributed by atoms with Gasteiger partial charge in [-0.25, -0.2) is 9.97 Å². The van der Waals surface area contributed by atoms with Gasteiger partial charge in [0.15, 0.2) is 5.82 Å². The van der Waals surface area contributed by atoms with E-state index in [0.717, 1.165) is 28.0 Å². The largest absolute Gasteiger partial charge is 0.467 e. The monoisotopic (exact) mass is 346 g/mol. The number of fused-ring (bicyclic) bond motifs is 1. The quantitative estimate of drug-likeness (QED) is 0.567. The third-order valence-electron chi connectivity index (χ3n) is 4.05. The zero-order chi connectivity index (χ0) is 17.8. The molecule has 0 fully saturated rings. The topological polar surface area (TPSA) is 73.1 Å². The van der Waals surface area contributed by atoms with Crippen molar-refractivity contribution in [2.24, 2.45) is 0 Å². The van der Waals surface area contributed by atoms with E-state index < -0.39 is 0 Å². The first kappa shape index (κ1) is 16.2. The second-order valence-corrected chi connectivity index (χ2v) is 5.82. The van der Waals surface area contributed by atoms with Crippen LogP contribution in [0.25, 0.3) is 22.3 Å². The zero-order valence-corrected chi connectivity index (χ0v) is 14.3. The van der Waals surface area contributed by atoms with Crippen LogP contribution in [0.15, 0.2) is 71.6 Å². The van der Waals surface area contributed by atoms with Crippen LogP contribution in [0.4, 0.5) is 5.82 Å². The first-order chi connectivity index (χ1) is 12.8. The van der Waals surface area contributed by atoms with Gasteiger partial charge in [0.2, 0.25) is 0 Å². The number of pyridine rings is 1. The number of methoxy groups -OCH3 is 1. The Morgan fingerprint density at radius 2 is 2.00 bits per heavy atom. The van der Waals surface area contributed by atoms with Crippen LogP contribution in [0.1, 0.15) is 11.8 Å². The van der Waals surface area contributed by atoms with Crippen molar-refractivity contribution in [3.63, 3.8) is 0 Å². The Kier molecular flexibility index (Phi) is 4.57. The molecule has 0 aliphatic heterocycles. The van der Waals surface area contributed by atoms with Gasteiger partial charge in [0.25, 0.3) is 0 Å². The fourth-order valence-corrected chi connectivity index (χ4v) is 2.83. The third kappa shape index (κ3) is 3.27. The summed E-state index contributed by atoms with van der Waals surface area (Å²) in [5.74, 6) is 2.14. The van der Waals surface area contributed by atoms with Gasteiger partial charge < -0.3 is 14.5 Å². The molecule has 4 aromatic rings. The van der Waals surface area contributed by atoms with E-state index in [2.05, 4.69) is 15.3 Å². The number of hydrogen-bond acceptors (Lipinski definition) is 6. The number of benzene rings is 1. The van der Waals surface area contributed by atoms with Crippen LogP contribution in [0.3, 0.4) is 0 Å². The minimum absolute atomic E-state index is 0.157. The number of aromatic nitrogens is 3. The maximum Gasteiger partial charge on any atom is 0.163 e. The molecule has 1 aromatic carbocycles. The van der Waals surface area contributed by atoms with Crippen LogP contribution in [-0.2, 0) is 4.74 Å². The number of hydrogen-bond donors (Lipinski definition) is 1. The first-order valence-corrected chi connectivity index (χ1v) is 8.31. The molecule has 0 radical (unpaired) electrons. The van der Waals surface area contributed by atoms with E-state index >= 15 is 0 Å². The smallest absolute Gasteiger partial charge is 0.163 e. The summed E-state index contributed by atoms with van der Waals surface area (Å²) in [6.45, 7) is 0.452. The molecule has 1 atom stereocenters. The Labute approximate surface area is 150 Å². The van der Waals surface area contributed by atoms with E-state index in [-0.39, 0.29) is 6.04 Å². The Morgan fingerprint density at radius 1 is 1.08 bits per heavy atom. The molecule has 0 bridgehead atoms. The molecule has 0 aliphatic rings. The van der Waals surface area contributed by atoms with Gasteiger partial charge in [0, 0.05) is 30.5 Å². The summed E-state index contributed by atoms with van der Waals surface area (Å²) in [6, 6.07) is 15.3. The second-order valence-electron chi connectivity index (χ2n) is 5.82. The van der Waals surface area contributed by atoms with Crippen LogP contribution < -0.4 is 5.32 Å². The van der Waals surface area contributed by atoms with Gasteiger partial charge in [-0.3, -0.25) is 4.98 Å². The van der Waals surface area contributed by atoms with Crippen LogP contribution in [-0.4, -0.2) is 28.7 Å². The molecule has 0 saturated heterocycles. The van der Waals surface area contributed by atoms with Crippen molar-refractivity contribution in [2.45, 2.75) is 6.04 Å². The van der Waals surface area contributed by atoms with Crippen molar-refractivity contribution in [1.29, 1.82) is 0 Å². The van der Waals surface area contributed by atoms with Crippen LogP contribution in [0, 0.1) is 0 Å². The summed E-state index contributed by atoms with van der Waals surface area (Å²) in [5.41, 5.74) is 1.72. The fourth-order valence-electron chi connectivity index (χ4n) is 2.83. The molecule has 0 spiro atoms. The van der Waals surface area contributed by atoms with E-state index in [9.17, 15) is 0 Å². The van der Waals surface area contributed by atoms with E-state index in [0.29, 0.717) is 12.4 Å². The van der Waals surface area contributed by atoms with Crippen LogP contribution in [0.2, 0.25) is 0 Å². The predicted molar refractivity (Wildman–Crippen MR) is 99.7 cm³/mol. The van der Waals surface area contributed by atoms with E-state index in [4.69, 9.17) is 14.1 Å². The van der Waals surface area contributed by atoms with Crippen LogP contribution >= 0.6 is 0 Å². The minimum atomic E-state index is -0.157.